The molecule has 2 unspecified atom stereocenters. The van der Waals surface area contributed by atoms with Crippen LogP contribution in [0.15, 0.2) is 54.6 Å². The molecule has 1 fully saturated rings. The van der Waals surface area contributed by atoms with Gasteiger partial charge >= 0.3 is 11.9 Å². The van der Waals surface area contributed by atoms with Crippen LogP contribution in [0.5, 0.6) is 23.0 Å². The van der Waals surface area contributed by atoms with E-state index in [2.05, 4.69) is 4.90 Å². The van der Waals surface area contributed by atoms with Gasteiger partial charge in [0.15, 0.2) is 34.8 Å². The number of esters is 2. The molecule has 0 bridgehead atoms. The minimum atomic E-state index is -1.27. The van der Waals surface area contributed by atoms with Crippen LogP contribution < -0.4 is 18.9 Å². The maximum atomic E-state index is 14.2. The number of carbonyl (C=O) groups is 2. The van der Waals surface area contributed by atoms with Gasteiger partial charge in [0.2, 0.25) is 0 Å². The number of rotatable bonds is 9. The van der Waals surface area contributed by atoms with Crippen molar-refractivity contribution >= 4 is 11.9 Å². The van der Waals surface area contributed by atoms with Crippen LogP contribution in [-0.2, 0) is 32.6 Å². The van der Waals surface area contributed by atoms with Crippen LogP contribution in [0.1, 0.15) is 45.8 Å². The molecule has 40 heavy (non-hydrogen) atoms. The summed E-state index contributed by atoms with van der Waals surface area (Å²) in [5, 5.41) is 0. The minimum Gasteiger partial charge on any atom is -0.493 e. The summed E-state index contributed by atoms with van der Waals surface area (Å²) in [6.07, 6.45) is 0.168. The zero-order chi connectivity index (χ0) is 28.4. The fraction of sp³-hybridized carbons (Fsp3) is 0.355. The number of benzene rings is 3. The van der Waals surface area contributed by atoms with Gasteiger partial charge in [-0.3, -0.25) is 0 Å². The van der Waals surface area contributed by atoms with Crippen LogP contribution in [0.3, 0.4) is 0 Å². The maximum Gasteiger partial charge on any atom is 0.342 e. The second kappa shape index (κ2) is 11.1. The summed E-state index contributed by atoms with van der Waals surface area (Å²) in [5.41, 5.74) is 2.05. The Balaban J connectivity index is 1.75. The third-order valence-electron chi connectivity index (χ3n) is 7.65. The molecule has 0 radical (unpaired) electrons. The molecule has 0 spiro atoms. The zero-order valence-electron chi connectivity index (χ0n) is 23.3. The van der Waals surface area contributed by atoms with Gasteiger partial charge in [-0.25, -0.2) is 14.5 Å². The molecular formula is C31H33NO8. The van der Waals surface area contributed by atoms with Gasteiger partial charge in [-0.1, -0.05) is 36.4 Å². The molecule has 5 rings (SSSR count). The fourth-order valence-electron chi connectivity index (χ4n) is 5.86. The Morgan fingerprint density at radius 1 is 0.950 bits per heavy atom. The van der Waals surface area contributed by atoms with E-state index in [0.29, 0.717) is 35.8 Å². The van der Waals surface area contributed by atoms with E-state index in [4.69, 9.17) is 28.4 Å². The van der Waals surface area contributed by atoms with E-state index in [0.717, 1.165) is 16.7 Å². The molecule has 210 valence electrons. The molecule has 0 aliphatic carbocycles. The van der Waals surface area contributed by atoms with Gasteiger partial charge in [0.25, 0.3) is 0 Å². The molecule has 0 amide bonds. The van der Waals surface area contributed by atoms with Gasteiger partial charge in [-0.05, 0) is 48.2 Å². The van der Waals surface area contributed by atoms with Crippen LogP contribution in [-0.4, -0.2) is 58.4 Å². The van der Waals surface area contributed by atoms with E-state index in [1.54, 1.807) is 33.3 Å². The number of methoxy groups -OCH3 is 4. The SMILES string of the molecule is CCOC(=O)c1c(CC23C(=O)OC(c4ccccc4)N2CCc2cc(OC)c(OC)cc23)ccc(OC)c1OC. The molecule has 3 aromatic rings. The van der Waals surface area contributed by atoms with Gasteiger partial charge in [-0.2, -0.15) is 0 Å². The Kier molecular flexibility index (Phi) is 7.58. The van der Waals surface area contributed by atoms with E-state index in [1.807, 2.05) is 42.5 Å². The average Bonchev–Trinajstić information content (AvgIpc) is 3.28. The number of hydrogen-bond donors (Lipinski definition) is 0. The number of nitrogens with zero attached hydrogens (tertiary/aromatic N) is 1. The van der Waals surface area contributed by atoms with Crippen molar-refractivity contribution in [3.63, 3.8) is 0 Å². The third kappa shape index (κ3) is 4.30. The first-order valence-electron chi connectivity index (χ1n) is 13.1. The van der Waals surface area contributed by atoms with Crippen molar-refractivity contribution < 1.29 is 38.0 Å². The second-order valence-electron chi connectivity index (χ2n) is 9.57. The predicted molar refractivity (Wildman–Crippen MR) is 146 cm³/mol. The van der Waals surface area contributed by atoms with Crippen molar-refractivity contribution in [2.45, 2.75) is 31.5 Å². The van der Waals surface area contributed by atoms with Crippen molar-refractivity contribution in [3.05, 3.63) is 82.4 Å². The Morgan fingerprint density at radius 2 is 1.65 bits per heavy atom. The standard InChI is InChI=1S/C31H33NO8/c1-6-39-29(33)26-21(12-13-23(35-2)27(26)38-5)18-31-22-17-25(37-4)24(36-3)16-20(22)14-15-32(31)28(40-30(31)34)19-10-8-7-9-11-19/h7-13,16-17,28H,6,14-15,18H2,1-5H3. The quantitative estimate of drug-likeness (QED) is 0.360. The summed E-state index contributed by atoms with van der Waals surface area (Å²) in [6, 6.07) is 16.9. The van der Waals surface area contributed by atoms with E-state index in [9.17, 15) is 9.59 Å². The Morgan fingerprint density at radius 3 is 2.30 bits per heavy atom. The van der Waals surface area contributed by atoms with Crippen molar-refractivity contribution in [2.75, 3.05) is 41.6 Å². The first-order chi connectivity index (χ1) is 19.4. The number of ether oxygens (including phenoxy) is 6. The Labute approximate surface area is 233 Å². The Bertz CT molecular complexity index is 1420. The summed E-state index contributed by atoms with van der Waals surface area (Å²) in [6.45, 7) is 2.45. The summed E-state index contributed by atoms with van der Waals surface area (Å²) >= 11 is 0. The van der Waals surface area contributed by atoms with Gasteiger partial charge in [0, 0.05) is 18.5 Å². The van der Waals surface area contributed by atoms with Crippen LogP contribution >= 0.6 is 0 Å². The van der Waals surface area contributed by atoms with Crippen molar-refractivity contribution in [2.24, 2.45) is 0 Å². The minimum absolute atomic E-state index is 0.117. The van der Waals surface area contributed by atoms with Crippen LogP contribution in [0.4, 0.5) is 0 Å². The molecule has 0 aromatic heterocycles. The number of hydrogen-bond acceptors (Lipinski definition) is 9. The average molecular weight is 548 g/mol. The van der Waals surface area contributed by atoms with Crippen LogP contribution in [0, 0.1) is 0 Å². The van der Waals surface area contributed by atoms with Gasteiger partial charge < -0.3 is 28.4 Å². The van der Waals surface area contributed by atoms with E-state index in [1.165, 1.54) is 14.2 Å². The topological polar surface area (TPSA) is 92.8 Å². The van der Waals surface area contributed by atoms with Gasteiger partial charge in [-0.15, -0.1) is 0 Å². The van der Waals surface area contributed by atoms with Crippen LogP contribution in [0.25, 0.3) is 0 Å². The summed E-state index contributed by atoms with van der Waals surface area (Å²) < 4.78 is 33.9. The summed E-state index contributed by atoms with van der Waals surface area (Å²) in [4.78, 5) is 29.6. The molecule has 2 heterocycles. The highest BCUT2D eigenvalue weighted by Crippen LogP contribution is 2.52. The molecule has 0 N–H and O–H groups in total. The molecule has 3 aromatic carbocycles. The van der Waals surface area contributed by atoms with E-state index >= 15 is 0 Å². The molecule has 9 heteroatoms. The largest absolute Gasteiger partial charge is 0.493 e. The molecule has 9 nitrogen and oxygen atoms in total. The highest BCUT2D eigenvalue weighted by atomic mass is 16.6. The number of fused-ring (bicyclic) bond motifs is 3. The molecule has 2 aliphatic heterocycles. The second-order valence-corrected chi connectivity index (χ2v) is 9.57. The normalized spacial score (nSPS) is 19.7. The molecule has 1 saturated heterocycles. The maximum absolute atomic E-state index is 14.2. The zero-order valence-corrected chi connectivity index (χ0v) is 23.3. The highest BCUT2D eigenvalue weighted by Gasteiger charge is 2.59. The van der Waals surface area contributed by atoms with Crippen molar-refractivity contribution in [1.29, 1.82) is 0 Å². The monoisotopic (exact) mass is 547 g/mol. The first kappa shape index (κ1) is 27.3. The highest BCUT2D eigenvalue weighted by molar-refractivity contribution is 5.96. The molecule has 0 saturated carbocycles. The Hall–Kier alpha value is -4.24. The van der Waals surface area contributed by atoms with E-state index < -0.39 is 23.7 Å². The molecular weight excluding hydrogens is 514 g/mol. The summed E-state index contributed by atoms with van der Waals surface area (Å²) in [7, 11) is 6.12. The predicted octanol–water partition coefficient (Wildman–Crippen LogP) is 4.45. The number of carbonyl (C=O) groups excluding carboxylic acids is 2. The lowest BCUT2D eigenvalue weighted by Gasteiger charge is -2.42. The van der Waals surface area contributed by atoms with Gasteiger partial charge in [0.05, 0.1) is 35.0 Å². The van der Waals surface area contributed by atoms with Crippen molar-refractivity contribution in [3.8, 4) is 23.0 Å². The van der Waals surface area contributed by atoms with Crippen molar-refractivity contribution in [1.82, 2.24) is 4.90 Å². The lowest BCUT2D eigenvalue weighted by molar-refractivity contribution is -0.146. The van der Waals surface area contributed by atoms with E-state index in [-0.39, 0.29) is 24.3 Å². The first-order valence-corrected chi connectivity index (χ1v) is 13.1. The van der Waals surface area contributed by atoms with Crippen LogP contribution in [0.2, 0.25) is 0 Å². The lowest BCUT2D eigenvalue weighted by Crippen LogP contribution is -2.52. The summed E-state index contributed by atoms with van der Waals surface area (Å²) in [5.74, 6) is 0.723. The third-order valence-corrected chi connectivity index (χ3v) is 7.65. The lowest BCUT2D eigenvalue weighted by atomic mass is 9.75. The smallest absolute Gasteiger partial charge is 0.342 e. The fourth-order valence-corrected chi connectivity index (χ4v) is 5.86. The number of cyclic esters (lactones) is 1. The van der Waals surface area contributed by atoms with Gasteiger partial charge in [0.1, 0.15) is 5.56 Å². The molecule has 2 atom stereocenters. The molecule has 2 aliphatic rings.